The second kappa shape index (κ2) is 3.90. The quantitative estimate of drug-likeness (QED) is 0.726. The van der Waals surface area contributed by atoms with Crippen LogP contribution < -0.4 is 0 Å². The van der Waals surface area contributed by atoms with Gasteiger partial charge in [0.1, 0.15) is 5.60 Å². The standard InChI is InChI=1S/C15H14O5S/c1-7-4-5-9-11-10(7)13(17)12(16)8(2)14(11)21(19,20)6-15(9,3)18/h4-5,18H,6H2,1-3H3. The molecule has 0 radical (unpaired) electrons. The van der Waals surface area contributed by atoms with Crippen LogP contribution >= 0.6 is 0 Å². The van der Waals surface area contributed by atoms with E-state index in [4.69, 9.17) is 0 Å². The third-order valence-electron chi connectivity index (χ3n) is 4.12. The second-order valence-corrected chi connectivity index (χ2v) is 7.75. The Bertz CT molecular complexity index is 856. The molecule has 1 atom stereocenters. The SMILES string of the molecule is CC1=C2c3c(ccc(C)c3C(=O)C1=O)C(C)(O)CS2(=O)=O. The molecule has 1 unspecified atom stereocenters. The van der Waals surface area contributed by atoms with Crippen LogP contribution in [0.25, 0.3) is 4.91 Å². The fourth-order valence-corrected chi connectivity index (χ4v) is 5.29. The molecule has 0 fully saturated rings. The van der Waals surface area contributed by atoms with Crippen LogP contribution in [0.1, 0.15) is 40.9 Å². The van der Waals surface area contributed by atoms with Gasteiger partial charge in [0, 0.05) is 16.7 Å². The Morgan fingerprint density at radius 1 is 1.10 bits per heavy atom. The lowest BCUT2D eigenvalue weighted by Gasteiger charge is -2.36. The van der Waals surface area contributed by atoms with Crippen LogP contribution in [-0.4, -0.2) is 30.8 Å². The van der Waals surface area contributed by atoms with Crippen molar-refractivity contribution in [3.8, 4) is 0 Å². The van der Waals surface area contributed by atoms with Crippen molar-refractivity contribution in [2.24, 2.45) is 0 Å². The van der Waals surface area contributed by atoms with E-state index in [9.17, 15) is 23.1 Å². The lowest BCUT2D eigenvalue weighted by molar-refractivity contribution is -0.111. The fourth-order valence-electron chi connectivity index (χ4n) is 3.17. The summed E-state index contributed by atoms with van der Waals surface area (Å²) in [7, 11) is -3.83. The molecule has 1 aromatic rings. The summed E-state index contributed by atoms with van der Waals surface area (Å²) in [6.07, 6.45) is 0. The number of aliphatic hydroxyl groups is 1. The van der Waals surface area contributed by atoms with Crippen molar-refractivity contribution >= 4 is 26.3 Å². The molecule has 2 aliphatic rings. The number of benzene rings is 1. The van der Waals surface area contributed by atoms with Crippen molar-refractivity contribution in [2.45, 2.75) is 26.4 Å². The molecule has 1 aliphatic carbocycles. The largest absolute Gasteiger partial charge is 0.384 e. The molecule has 1 heterocycles. The molecule has 1 N–H and O–H groups in total. The number of ketones is 2. The van der Waals surface area contributed by atoms with Crippen molar-refractivity contribution in [3.63, 3.8) is 0 Å². The summed E-state index contributed by atoms with van der Waals surface area (Å²) in [6.45, 7) is 4.40. The predicted octanol–water partition coefficient (Wildman–Crippen LogP) is 1.13. The Morgan fingerprint density at radius 3 is 2.33 bits per heavy atom. The molecule has 6 heteroatoms. The number of carbonyl (C=O) groups is 2. The van der Waals surface area contributed by atoms with Gasteiger partial charge in [0.05, 0.1) is 10.7 Å². The first-order valence-corrected chi connectivity index (χ1v) is 8.12. The zero-order valence-electron chi connectivity index (χ0n) is 11.9. The lowest BCUT2D eigenvalue weighted by atomic mass is 9.80. The van der Waals surface area contributed by atoms with E-state index in [2.05, 4.69) is 0 Å². The first kappa shape index (κ1) is 14.2. The minimum absolute atomic E-state index is 0.0603. The van der Waals surface area contributed by atoms with Gasteiger partial charge in [-0.15, -0.1) is 0 Å². The summed E-state index contributed by atoms with van der Waals surface area (Å²) in [5.74, 6) is -2.00. The van der Waals surface area contributed by atoms with Gasteiger partial charge in [-0.3, -0.25) is 9.59 Å². The van der Waals surface area contributed by atoms with Gasteiger partial charge in [-0.2, -0.15) is 0 Å². The molecule has 1 aliphatic heterocycles. The summed E-state index contributed by atoms with van der Waals surface area (Å²) >= 11 is 0. The van der Waals surface area contributed by atoms with Gasteiger partial charge in [0.25, 0.3) is 0 Å². The summed E-state index contributed by atoms with van der Waals surface area (Å²) < 4.78 is 24.9. The summed E-state index contributed by atoms with van der Waals surface area (Å²) in [6, 6.07) is 3.25. The third-order valence-corrected chi connectivity index (χ3v) is 6.19. The summed E-state index contributed by atoms with van der Waals surface area (Å²) in [4.78, 5) is 24.2. The average molecular weight is 306 g/mol. The van der Waals surface area contributed by atoms with E-state index in [0.717, 1.165) is 0 Å². The Kier molecular flexibility index (Phi) is 2.63. The van der Waals surface area contributed by atoms with Crippen LogP contribution in [0.4, 0.5) is 0 Å². The number of sulfone groups is 1. The zero-order chi connectivity index (χ0) is 15.7. The Labute approximate surface area is 122 Å². The first-order chi connectivity index (χ1) is 9.58. The van der Waals surface area contributed by atoms with Crippen LogP contribution in [0.15, 0.2) is 17.7 Å². The van der Waals surface area contributed by atoms with Crippen molar-refractivity contribution < 1.29 is 23.1 Å². The minimum atomic E-state index is -3.83. The molecule has 0 saturated heterocycles. The van der Waals surface area contributed by atoms with Crippen LogP contribution in [0.2, 0.25) is 0 Å². The number of hydrogen-bond donors (Lipinski definition) is 1. The lowest BCUT2D eigenvalue weighted by Crippen LogP contribution is -2.41. The van der Waals surface area contributed by atoms with E-state index in [1.807, 2.05) is 0 Å². The molecule has 21 heavy (non-hydrogen) atoms. The molecule has 5 nitrogen and oxygen atoms in total. The summed E-state index contributed by atoms with van der Waals surface area (Å²) in [5.41, 5.74) is -0.427. The maximum Gasteiger partial charge on any atom is 0.234 e. The van der Waals surface area contributed by atoms with Gasteiger partial charge in [-0.05, 0) is 31.9 Å². The molecule has 0 amide bonds. The normalized spacial score (nSPS) is 26.9. The predicted molar refractivity (Wildman–Crippen MR) is 76.5 cm³/mol. The van der Waals surface area contributed by atoms with Crippen molar-refractivity contribution in [2.75, 3.05) is 5.75 Å². The van der Waals surface area contributed by atoms with E-state index in [-0.39, 0.29) is 21.6 Å². The van der Waals surface area contributed by atoms with Gasteiger partial charge < -0.3 is 5.11 Å². The topological polar surface area (TPSA) is 88.5 Å². The van der Waals surface area contributed by atoms with Gasteiger partial charge in [-0.25, -0.2) is 8.42 Å². The maximum atomic E-state index is 12.5. The van der Waals surface area contributed by atoms with Gasteiger partial charge in [-0.1, -0.05) is 12.1 Å². The molecule has 0 spiro atoms. The number of allylic oxidation sites excluding steroid dienone is 1. The fraction of sp³-hybridized carbons (Fsp3) is 0.333. The van der Waals surface area contributed by atoms with Crippen molar-refractivity contribution in [1.29, 1.82) is 0 Å². The van der Waals surface area contributed by atoms with E-state index >= 15 is 0 Å². The van der Waals surface area contributed by atoms with Crippen LogP contribution in [0.3, 0.4) is 0 Å². The Morgan fingerprint density at radius 2 is 1.71 bits per heavy atom. The molecule has 0 aromatic heterocycles. The second-order valence-electron chi connectivity index (χ2n) is 5.83. The maximum absolute atomic E-state index is 12.5. The number of aryl methyl sites for hydroxylation is 1. The highest BCUT2D eigenvalue weighted by Crippen LogP contribution is 2.46. The van der Waals surface area contributed by atoms with Crippen LogP contribution in [0.5, 0.6) is 0 Å². The Hall–Kier alpha value is -1.79. The highest BCUT2D eigenvalue weighted by molar-refractivity contribution is 8.00. The first-order valence-electron chi connectivity index (χ1n) is 6.47. The van der Waals surface area contributed by atoms with Crippen molar-refractivity contribution in [1.82, 2.24) is 0 Å². The van der Waals surface area contributed by atoms with E-state index in [0.29, 0.717) is 11.1 Å². The molecule has 110 valence electrons. The minimum Gasteiger partial charge on any atom is -0.384 e. The third kappa shape index (κ3) is 1.69. The molecule has 0 saturated carbocycles. The highest BCUT2D eigenvalue weighted by Gasteiger charge is 2.47. The molecule has 3 rings (SSSR count). The van der Waals surface area contributed by atoms with Gasteiger partial charge in [0.2, 0.25) is 11.6 Å². The number of hydrogen-bond acceptors (Lipinski definition) is 5. The zero-order valence-corrected chi connectivity index (χ0v) is 12.7. The average Bonchev–Trinajstić information content (AvgIpc) is 2.33. The van der Waals surface area contributed by atoms with E-state index in [1.165, 1.54) is 13.8 Å². The number of carbonyl (C=O) groups excluding carboxylic acids is 2. The van der Waals surface area contributed by atoms with Crippen LogP contribution in [0, 0.1) is 6.92 Å². The van der Waals surface area contributed by atoms with Crippen molar-refractivity contribution in [3.05, 3.63) is 40.0 Å². The molecule has 1 aromatic carbocycles. The monoisotopic (exact) mass is 306 g/mol. The molecular weight excluding hydrogens is 292 g/mol. The molecule has 0 bridgehead atoms. The summed E-state index contributed by atoms with van der Waals surface area (Å²) in [5, 5.41) is 10.5. The van der Waals surface area contributed by atoms with Gasteiger partial charge >= 0.3 is 0 Å². The van der Waals surface area contributed by atoms with Gasteiger partial charge in [0.15, 0.2) is 9.84 Å². The number of rotatable bonds is 0. The molecular formula is C15H14O5S. The highest BCUT2D eigenvalue weighted by atomic mass is 32.2. The van der Waals surface area contributed by atoms with E-state index in [1.54, 1.807) is 19.1 Å². The van der Waals surface area contributed by atoms with Crippen LogP contribution in [-0.2, 0) is 20.2 Å². The van der Waals surface area contributed by atoms with E-state index < -0.39 is 32.8 Å². The number of Topliss-reactive ketones (excluding diaryl/α,β-unsaturated/α-hetero) is 2. The smallest absolute Gasteiger partial charge is 0.234 e. The Balaban J connectivity index is 2.59.